The lowest BCUT2D eigenvalue weighted by Crippen LogP contribution is -2.29. The van der Waals surface area contributed by atoms with Gasteiger partial charge < -0.3 is 5.73 Å². The van der Waals surface area contributed by atoms with Crippen LogP contribution in [0.5, 0.6) is 0 Å². The standard InChI is InChI=1S/C15H14N8O4S/c1-9-12(13(24)23(21-9)14(16)25)20-19-10-3-5-11(6-4-10)28(26,27)22-15-17-7-2-8-18-15/h2-8,21H,1H3,(H2,16,25)(H,17,18,22). The highest BCUT2D eigenvalue weighted by Crippen LogP contribution is 2.21. The zero-order valence-corrected chi connectivity index (χ0v) is 15.2. The van der Waals surface area contributed by atoms with Gasteiger partial charge in [-0.2, -0.15) is 9.80 Å². The third kappa shape index (κ3) is 3.93. The number of nitrogens with zero attached hydrogens (tertiary/aromatic N) is 5. The number of hydrogen-bond donors (Lipinski definition) is 3. The molecule has 0 fully saturated rings. The number of aromatic nitrogens is 4. The van der Waals surface area contributed by atoms with Crippen molar-refractivity contribution in [1.82, 2.24) is 19.7 Å². The fourth-order valence-electron chi connectivity index (χ4n) is 2.14. The Morgan fingerprint density at radius 2 is 1.82 bits per heavy atom. The maximum absolute atomic E-state index is 12.3. The van der Waals surface area contributed by atoms with Gasteiger partial charge in [0.15, 0.2) is 5.69 Å². The molecule has 0 unspecified atom stereocenters. The summed E-state index contributed by atoms with van der Waals surface area (Å²) in [6, 6.07) is 6.01. The number of nitrogens with two attached hydrogens (primary N) is 1. The SMILES string of the molecule is Cc1[nH]n(C(N)=O)c(=O)c1N=Nc1ccc(S(=O)(=O)Nc2ncccn2)cc1. The van der Waals surface area contributed by atoms with Crippen molar-refractivity contribution in [1.29, 1.82) is 0 Å². The van der Waals surface area contributed by atoms with E-state index >= 15 is 0 Å². The van der Waals surface area contributed by atoms with E-state index in [0.29, 0.717) is 16.1 Å². The minimum absolute atomic E-state index is 0.0344. The summed E-state index contributed by atoms with van der Waals surface area (Å²) in [5.41, 5.74) is 4.84. The first-order chi connectivity index (χ1) is 13.3. The van der Waals surface area contributed by atoms with Crippen molar-refractivity contribution in [2.24, 2.45) is 16.0 Å². The minimum atomic E-state index is -3.87. The lowest BCUT2D eigenvalue weighted by molar-refractivity contribution is 0.247. The van der Waals surface area contributed by atoms with Gasteiger partial charge >= 0.3 is 11.6 Å². The summed E-state index contributed by atoms with van der Waals surface area (Å²) in [5, 5.41) is 10.2. The highest BCUT2D eigenvalue weighted by atomic mass is 32.2. The van der Waals surface area contributed by atoms with Crippen molar-refractivity contribution >= 4 is 33.4 Å². The number of hydrogen-bond acceptors (Lipinski definition) is 8. The van der Waals surface area contributed by atoms with Crippen molar-refractivity contribution < 1.29 is 13.2 Å². The van der Waals surface area contributed by atoms with Crippen LogP contribution in [0.15, 0.2) is 62.6 Å². The molecular formula is C15H14N8O4S. The van der Waals surface area contributed by atoms with Crippen LogP contribution < -0.4 is 16.0 Å². The molecule has 0 aliphatic rings. The summed E-state index contributed by atoms with van der Waals surface area (Å²) in [6.07, 6.45) is 2.81. The normalized spacial score (nSPS) is 11.6. The average Bonchev–Trinajstić information content (AvgIpc) is 2.95. The molecular weight excluding hydrogens is 388 g/mol. The molecule has 0 saturated heterocycles. The molecule has 3 rings (SSSR count). The summed E-state index contributed by atoms with van der Waals surface area (Å²) in [4.78, 5) is 30.7. The monoisotopic (exact) mass is 402 g/mol. The summed E-state index contributed by atoms with van der Waals surface area (Å²) in [7, 11) is -3.87. The molecule has 3 aromatic rings. The molecule has 1 aromatic carbocycles. The van der Waals surface area contributed by atoms with Crippen LogP contribution in [0.2, 0.25) is 0 Å². The Labute approximate surface area is 158 Å². The number of carbonyl (C=O) groups excluding carboxylic acids is 1. The maximum atomic E-state index is 12.3. The largest absolute Gasteiger partial charge is 0.350 e. The van der Waals surface area contributed by atoms with E-state index < -0.39 is 21.6 Å². The second kappa shape index (κ2) is 7.40. The first-order valence-electron chi connectivity index (χ1n) is 7.71. The quantitative estimate of drug-likeness (QED) is 0.543. The molecule has 144 valence electrons. The van der Waals surface area contributed by atoms with Crippen LogP contribution >= 0.6 is 0 Å². The van der Waals surface area contributed by atoms with Crippen LogP contribution in [0.1, 0.15) is 5.69 Å². The van der Waals surface area contributed by atoms with Gasteiger partial charge in [-0.25, -0.2) is 27.9 Å². The maximum Gasteiger partial charge on any atom is 0.341 e. The Morgan fingerprint density at radius 1 is 1.18 bits per heavy atom. The molecule has 0 aliphatic heterocycles. The summed E-state index contributed by atoms with van der Waals surface area (Å²) in [6.45, 7) is 1.53. The third-order valence-electron chi connectivity index (χ3n) is 3.46. The highest BCUT2D eigenvalue weighted by molar-refractivity contribution is 7.92. The van der Waals surface area contributed by atoms with E-state index in [1.165, 1.54) is 43.6 Å². The molecule has 12 nitrogen and oxygen atoms in total. The molecule has 0 atom stereocenters. The summed E-state index contributed by atoms with van der Waals surface area (Å²) in [5.74, 6) is -0.0556. The van der Waals surface area contributed by atoms with Gasteiger partial charge in [-0.15, -0.1) is 5.11 Å². The van der Waals surface area contributed by atoms with E-state index in [4.69, 9.17) is 5.73 Å². The molecule has 0 spiro atoms. The van der Waals surface area contributed by atoms with Crippen molar-refractivity contribution in [2.45, 2.75) is 11.8 Å². The number of H-pyrrole nitrogens is 1. The van der Waals surface area contributed by atoms with Gasteiger partial charge in [-0.1, -0.05) is 0 Å². The van der Waals surface area contributed by atoms with Gasteiger partial charge in [0, 0.05) is 12.4 Å². The Hall–Kier alpha value is -3.87. The van der Waals surface area contributed by atoms with Crippen molar-refractivity contribution in [3.63, 3.8) is 0 Å². The lowest BCUT2D eigenvalue weighted by atomic mass is 10.3. The highest BCUT2D eigenvalue weighted by Gasteiger charge is 2.16. The van der Waals surface area contributed by atoms with Gasteiger partial charge in [-0.3, -0.25) is 9.89 Å². The number of sulfonamides is 1. The molecule has 2 heterocycles. The molecule has 0 bridgehead atoms. The Kier molecular flexibility index (Phi) is 5.00. The molecule has 2 aromatic heterocycles. The molecule has 28 heavy (non-hydrogen) atoms. The minimum Gasteiger partial charge on any atom is -0.350 e. The van der Waals surface area contributed by atoms with Crippen LogP contribution in [0, 0.1) is 6.92 Å². The van der Waals surface area contributed by atoms with Gasteiger partial charge in [0.05, 0.1) is 16.3 Å². The van der Waals surface area contributed by atoms with E-state index in [2.05, 4.69) is 30.0 Å². The summed E-state index contributed by atoms with van der Waals surface area (Å²) < 4.78 is 27.5. The van der Waals surface area contributed by atoms with E-state index in [9.17, 15) is 18.0 Å². The third-order valence-corrected chi connectivity index (χ3v) is 4.81. The summed E-state index contributed by atoms with van der Waals surface area (Å²) >= 11 is 0. The van der Waals surface area contributed by atoms with Crippen LogP contribution in [0.3, 0.4) is 0 Å². The van der Waals surface area contributed by atoms with Crippen LogP contribution in [0.4, 0.5) is 22.1 Å². The van der Waals surface area contributed by atoms with Gasteiger partial charge in [0.1, 0.15) is 0 Å². The van der Waals surface area contributed by atoms with Crippen molar-refractivity contribution in [2.75, 3.05) is 4.72 Å². The molecule has 0 saturated carbocycles. The van der Waals surface area contributed by atoms with E-state index in [-0.39, 0.29) is 16.5 Å². The number of anilines is 1. The Morgan fingerprint density at radius 3 is 2.39 bits per heavy atom. The number of amides is 1. The van der Waals surface area contributed by atoms with Gasteiger partial charge in [0.25, 0.3) is 10.0 Å². The molecule has 13 heteroatoms. The van der Waals surface area contributed by atoms with Crippen molar-refractivity contribution in [3.8, 4) is 0 Å². The fraction of sp³-hybridized carbons (Fsp3) is 0.0667. The van der Waals surface area contributed by atoms with Crippen molar-refractivity contribution in [3.05, 3.63) is 58.8 Å². The number of benzene rings is 1. The van der Waals surface area contributed by atoms with Crippen LogP contribution in [0.25, 0.3) is 0 Å². The topological polar surface area (TPSA) is 178 Å². The number of aromatic amines is 1. The first kappa shape index (κ1) is 18.9. The second-order valence-corrected chi connectivity index (χ2v) is 7.12. The smallest absolute Gasteiger partial charge is 0.341 e. The number of rotatable bonds is 5. The number of nitrogens with one attached hydrogen (secondary N) is 2. The van der Waals surface area contributed by atoms with E-state index in [1.807, 2.05) is 0 Å². The fourth-order valence-corrected chi connectivity index (χ4v) is 3.10. The number of carbonyl (C=O) groups is 1. The molecule has 4 N–H and O–H groups in total. The number of azo groups is 1. The molecule has 0 aliphatic carbocycles. The van der Waals surface area contributed by atoms with E-state index in [0.717, 1.165) is 0 Å². The predicted molar refractivity (Wildman–Crippen MR) is 98.2 cm³/mol. The molecule has 0 radical (unpaired) electrons. The number of aryl methyl sites for hydroxylation is 1. The Bertz CT molecular complexity index is 1200. The van der Waals surface area contributed by atoms with E-state index in [1.54, 1.807) is 6.07 Å². The second-order valence-electron chi connectivity index (χ2n) is 5.44. The Balaban J connectivity index is 1.81. The number of primary amides is 1. The predicted octanol–water partition coefficient (Wildman–Crippen LogP) is 1.42. The van der Waals surface area contributed by atoms with Gasteiger partial charge in [0.2, 0.25) is 5.95 Å². The van der Waals surface area contributed by atoms with Gasteiger partial charge in [-0.05, 0) is 37.3 Å². The first-order valence-corrected chi connectivity index (χ1v) is 9.19. The average molecular weight is 402 g/mol. The zero-order valence-electron chi connectivity index (χ0n) is 14.4. The zero-order chi connectivity index (χ0) is 20.3. The van der Waals surface area contributed by atoms with Crippen LogP contribution in [-0.2, 0) is 10.0 Å². The van der Waals surface area contributed by atoms with Crippen LogP contribution in [-0.4, -0.2) is 34.2 Å². The lowest BCUT2D eigenvalue weighted by Gasteiger charge is -2.05. The molecule has 1 amide bonds.